The summed E-state index contributed by atoms with van der Waals surface area (Å²) in [6, 6.07) is 1.07. The Morgan fingerprint density at radius 2 is 1.89 bits per heavy atom. The lowest BCUT2D eigenvalue weighted by Crippen LogP contribution is -2.55. The second-order valence-corrected chi connectivity index (χ2v) is 16.5. The molecule has 0 N–H and O–H groups in total. The van der Waals surface area contributed by atoms with Crippen LogP contribution in [0.3, 0.4) is 0 Å². The van der Waals surface area contributed by atoms with Gasteiger partial charge in [0.25, 0.3) is 0 Å². The molecule has 2 bridgehead atoms. The SMILES string of the molecule is CC1(C)C[C@H]2[C@H](OC(=O)COCC[Si](C)(C)C)C[C@H]1C[C@H]2O[C@H]1CCCCO1. The molecule has 3 saturated carbocycles. The molecule has 162 valence electrons. The first-order valence-electron chi connectivity index (χ1n) is 11.2. The Balaban J connectivity index is 1.51. The molecule has 0 amide bonds. The van der Waals surface area contributed by atoms with Gasteiger partial charge in [-0.15, -0.1) is 0 Å². The van der Waals surface area contributed by atoms with Gasteiger partial charge < -0.3 is 18.9 Å². The molecule has 0 aromatic heterocycles. The molecule has 0 spiro atoms. The highest BCUT2D eigenvalue weighted by atomic mass is 28.3. The van der Waals surface area contributed by atoms with Crippen LogP contribution < -0.4 is 0 Å². The van der Waals surface area contributed by atoms with E-state index in [-0.39, 0.29) is 42.4 Å². The summed E-state index contributed by atoms with van der Waals surface area (Å²) in [6.07, 6.45) is 6.33. The minimum absolute atomic E-state index is 0.0477. The monoisotopic (exact) mass is 412 g/mol. The summed E-state index contributed by atoms with van der Waals surface area (Å²) in [5.41, 5.74) is 0.286. The number of esters is 1. The standard InChI is InChI=1S/C22H40O5Si/c1-22(2)14-17-18(26-20(23)15-24-10-11-28(3,4)5)12-16(22)13-19(17)27-21-8-6-7-9-25-21/h16-19,21H,6-15H2,1-5H3/t16-,17-,18+,19+,21-/m0/s1. The minimum atomic E-state index is -1.13. The van der Waals surface area contributed by atoms with Crippen LogP contribution in [0.5, 0.6) is 0 Å². The fourth-order valence-electron chi connectivity index (χ4n) is 4.96. The third-order valence-electron chi connectivity index (χ3n) is 6.82. The molecule has 4 rings (SSSR count). The van der Waals surface area contributed by atoms with Crippen molar-refractivity contribution in [2.24, 2.45) is 17.3 Å². The third kappa shape index (κ3) is 6.03. The van der Waals surface area contributed by atoms with Gasteiger partial charge in [-0.25, -0.2) is 4.79 Å². The summed E-state index contributed by atoms with van der Waals surface area (Å²) in [7, 11) is -1.13. The first kappa shape index (κ1) is 22.3. The van der Waals surface area contributed by atoms with Gasteiger partial charge in [-0.2, -0.15) is 0 Å². The largest absolute Gasteiger partial charge is 0.460 e. The van der Waals surface area contributed by atoms with E-state index in [9.17, 15) is 4.79 Å². The number of hydrogen-bond donors (Lipinski definition) is 0. The maximum atomic E-state index is 12.4. The first-order chi connectivity index (χ1) is 13.1. The van der Waals surface area contributed by atoms with E-state index in [1.54, 1.807) is 0 Å². The van der Waals surface area contributed by atoms with Crippen molar-refractivity contribution in [2.45, 2.75) is 96.6 Å². The van der Waals surface area contributed by atoms with Crippen molar-refractivity contribution >= 4 is 14.0 Å². The van der Waals surface area contributed by atoms with Gasteiger partial charge in [-0.1, -0.05) is 33.5 Å². The Hall–Kier alpha value is -0.433. The molecule has 5 nitrogen and oxygen atoms in total. The van der Waals surface area contributed by atoms with Crippen molar-refractivity contribution in [2.75, 3.05) is 19.8 Å². The minimum Gasteiger partial charge on any atom is -0.460 e. The zero-order chi connectivity index (χ0) is 20.4. The number of ether oxygens (including phenoxy) is 4. The van der Waals surface area contributed by atoms with Crippen molar-refractivity contribution in [3.05, 3.63) is 0 Å². The molecule has 4 aliphatic rings. The van der Waals surface area contributed by atoms with Crippen molar-refractivity contribution < 1.29 is 23.7 Å². The lowest BCUT2D eigenvalue weighted by molar-refractivity contribution is -0.243. The maximum Gasteiger partial charge on any atom is 0.332 e. The topological polar surface area (TPSA) is 54.0 Å². The van der Waals surface area contributed by atoms with Crippen LogP contribution in [0.1, 0.15) is 52.4 Å². The average molecular weight is 413 g/mol. The van der Waals surface area contributed by atoms with E-state index in [1.165, 1.54) is 6.42 Å². The van der Waals surface area contributed by atoms with E-state index in [0.717, 1.165) is 44.8 Å². The number of carbonyl (C=O) groups is 1. The van der Waals surface area contributed by atoms with Crippen molar-refractivity contribution in [1.29, 1.82) is 0 Å². The summed E-state index contributed by atoms with van der Waals surface area (Å²) in [6.45, 7) is 13.1. The van der Waals surface area contributed by atoms with E-state index in [4.69, 9.17) is 18.9 Å². The Morgan fingerprint density at radius 1 is 1.14 bits per heavy atom. The zero-order valence-corrected chi connectivity index (χ0v) is 19.5. The van der Waals surface area contributed by atoms with Gasteiger partial charge in [0, 0.05) is 27.2 Å². The first-order valence-corrected chi connectivity index (χ1v) is 14.9. The molecule has 0 unspecified atom stereocenters. The van der Waals surface area contributed by atoms with Crippen LogP contribution in [0.4, 0.5) is 0 Å². The molecule has 4 fully saturated rings. The van der Waals surface area contributed by atoms with E-state index in [2.05, 4.69) is 33.5 Å². The highest BCUT2D eigenvalue weighted by Crippen LogP contribution is 2.54. The van der Waals surface area contributed by atoms with Crippen LogP contribution in [-0.2, 0) is 23.7 Å². The molecule has 28 heavy (non-hydrogen) atoms. The van der Waals surface area contributed by atoms with E-state index in [1.807, 2.05) is 0 Å². The van der Waals surface area contributed by atoms with E-state index in [0.29, 0.717) is 12.5 Å². The van der Waals surface area contributed by atoms with E-state index < -0.39 is 8.07 Å². The molecule has 5 atom stereocenters. The van der Waals surface area contributed by atoms with Crippen molar-refractivity contribution in [3.63, 3.8) is 0 Å². The lowest BCUT2D eigenvalue weighted by Gasteiger charge is -2.55. The molecular formula is C22H40O5Si. The van der Waals surface area contributed by atoms with Gasteiger partial charge in [0.05, 0.1) is 6.10 Å². The summed E-state index contributed by atoms with van der Waals surface area (Å²) in [5, 5.41) is 0. The lowest BCUT2D eigenvalue weighted by atomic mass is 9.55. The van der Waals surface area contributed by atoms with Crippen molar-refractivity contribution in [1.82, 2.24) is 0 Å². The fourth-order valence-corrected chi connectivity index (χ4v) is 5.72. The summed E-state index contributed by atoms with van der Waals surface area (Å²) < 4.78 is 23.7. The molecular weight excluding hydrogens is 372 g/mol. The highest BCUT2D eigenvalue weighted by Gasteiger charge is 2.53. The van der Waals surface area contributed by atoms with Crippen LogP contribution in [-0.4, -0.2) is 52.4 Å². The normalized spacial score (nSPS) is 35.0. The Morgan fingerprint density at radius 3 is 2.54 bits per heavy atom. The summed E-state index contributed by atoms with van der Waals surface area (Å²) in [4.78, 5) is 12.4. The van der Waals surface area contributed by atoms with Gasteiger partial charge in [0.1, 0.15) is 12.7 Å². The smallest absolute Gasteiger partial charge is 0.332 e. The average Bonchev–Trinajstić information content (AvgIpc) is 2.60. The van der Waals surface area contributed by atoms with Crippen molar-refractivity contribution in [3.8, 4) is 0 Å². The van der Waals surface area contributed by atoms with Gasteiger partial charge in [0.2, 0.25) is 0 Å². The fraction of sp³-hybridized carbons (Fsp3) is 0.955. The number of carbonyl (C=O) groups excluding carboxylic acids is 1. The van der Waals surface area contributed by atoms with Crippen LogP contribution in [0.25, 0.3) is 0 Å². The van der Waals surface area contributed by atoms with Crippen LogP contribution >= 0.6 is 0 Å². The molecule has 1 saturated heterocycles. The second kappa shape index (κ2) is 9.15. The van der Waals surface area contributed by atoms with Gasteiger partial charge in [-0.05, 0) is 55.9 Å². The molecule has 1 aliphatic heterocycles. The highest BCUT2D eigenvalue weighted by molar-refractivity contribution is 6.76. The predicted octanol–water partition coefficient (Wildman–Crippen LogP) is 4.62. The number of rotatable bonds is 8. The predicted molar refractivity (Wildman–Crippen MR) is 112 cm³/mol. The zero-order valence-electron chi connectivity index (χ0n) is 18.5. The Labute approximate surface area is 171 Å². The summed E-state index contributed by atoms with van der Waals surface area (Å²) >= 11 is 0. The third-order valence-corrected chi connectivity index (χ3v) is 8.52. The molecule has 6 heteroatoms. The Bertz CT molecular complexity index is 524. The molecule has 1 heterocycles. The quantitative estimate of drug-likeness (QED) is 0.331. The van der Waals surface area contributed by atoms with E-state index >= 15 is 0 Å². The molecule has 3 aliphatic carbocycles. The molecule has 0 aromatic carbocycles. The summed E-state index contributed by atoms with van der Waals surface area (Å²) in [5.74, 6) is 0.562. The van der Waals surface area contributed by atoms with Crippen LogP contribution in [0.2, 0.25) is 25.7 Å². The second-order valence-electron chi connectivity index (χ2n) is 10.9. The van der Waals surface area contributed by atoms with Crippen LogP contribution in [0, 0.1) is 17.3 Å². The van der Waals surface area contributed by atoms with Gasteiger partial charge in [0.15, 0.2) is 6.29 Å². The maximum absolute atomic E-state index is 12.4. The van der Waals surface area contributed by atoms with Gasteiger partial charge >= 0.3 is 5.97 Å². The van der Waals surface area contributed by atoms with Crippen LogP contribution in [0.15, 0.2) is 0 Å². The Kier molecular flexibility index (Phi) is 7.27. The molecule has 0 aromatic rings. The number of hydrogen-bond acceptors (Lipinski definition) is 5. The molecule has 0 radical (unpaired) electrons. The number of fused-ring (bicyclic) bond motifs is 3. The van der Waals surface area contributed by atoms with Gasteiger partial charge in [-0.3, -0.25) is 0 Å².